The summed E-state index contributed by atoms with van der Waals surface area (Å²) < 4.78 is 4.98. The zero-order valence-electron chi connectivity index (χ0n) is 10.6. The quantitative estimate of drug-likeness (QED) is 0.403. The van der Waals surface area contributed by atoms with Crippen molar-refractivity contribution in [3.05, 3.63) is 29.3 Å². The first-order chi connectivity index (χ1) is 9.03. The minimum Gasteiger partial charge on any atom is -0.497 e. The van der Waals surface area contributed by atoms with Crippen LogP contribution in [0.2, 0.25) is 0 Å². The van der Waals surface area contributed by atoms with Crippen molar-refractivity contribution in [1.29, 1.82) is 0 Å². The van der Waals surface area contributed by atoms with Crippen molar-refractivity contribution < 1.29 is 23.9 Å². The summed E-state index contributed by atoms with van der Waals surface area (Å²) in [6, 6.07) is 4.76. The molecule has 1 aromatic carbocycles. The molecule has 0 unspecified atom stereocenters. The zero-order valence-corrected chi connectivity index (χ0v) is 10.6. The highest BCUT2D eigenvalue weighted by molar-refractivity contribution is 6.45. The van der Waals surface area contributed by atoms with Gasteiger partial charge in [-0.25, -0.2) is 0 Å². The van der Waals surface area contributed by atoms with Crippen LogP contribution < -0.4 is 4.74 Å². The van der Waals surface area contributed by atoms with Crippen molar-refractivity contribution in [2.75, 3.05) is 13.7 Å². The van der Waals surface area contributed by atoms with Crippen LogP contribution in [0.4, 0.5) is 0 Å². The van der Waals surface area contributed by atoms with Crippen LogP contribution >= 0.6 is 0 Å². The lowest BCUT2D eigenvalue weighted by Crippen LogP contribution is -2.31. The number of carbonyl (C=O) groups excluding carboxylic acids is 4. The van der Waals surface area contributed by atoms with E-state index in [9.17, 15) is 19.2 Å². The van der Waals surface area contributed by atoms with Crippen LogP contribution in [0.1, 0.15) is 15.9 Å². The van der Waals surface area contributed by atoms with Gasteiger partial charge in [0.25, 0.3) is 0 Å². The Morgan fingerprint density at radius 3 is 2.42 bits per heavy atom. The Labute approximate surface area is 110 Å². The molecule has 0 fully saturated rings. The molecule has 100 valence electrons. The SMILES string of the molecule is COc1ccc(C)c(C(=O)C(=O)CN(C=O)C=O)c1. The molecule has 0 aliphatic rings. The fourth-order valence-electron chi connectivity index (χ4n) is 1.46. The lowest BCUT2D eigenvalue weighted by atomic mass is 10.0. The van der Waals surface area contributed by atoms with Crippen molar-refractivity contribution in [2.45, 2.75) is 6.92 Å². The molecule has 1 aromatic rings. The number of imide groups is 1. The second kappa shape index (κ2) is 6.44. The van der Waals surface area contributed by atoms with Gasteiger partial charge in [-0.1, -0.05) is 6.07 Å². The van der Waals surface area contributed by atoms with E-state index in [-0.39, 0.29) is 18.4 Å². The number of ketones is 2. The highest BCUT2D eigenvalue weighted by Gasteiger charge is 2.20. The maximum atomic E-state index is 11.9. The van der Waals surface area contributed by atoms with Crippen LogP contribution in [-0.2, 0) is 14.4 Å². The highest BCUT2D eigenvalue weighted by Crippen LogP contribution is 2.17. The fraction of sp³-hybridized carbons (Fsp3) is 0.231. The van der Waals surface area contributed by atoms with Gasteiger partial charge in [-0.3, -0.25) is 24.1 Å². The number of aryl methyl sites for hydroxylation is 1. The molecular weight excluding hydrogens is 250 g/mol. The molecule has 19 heavy (non-hydrogen) atoms. The molecule has 0 atom stereocenters. The number of benzene rings is 1. The number of rotatable bonds is 7. The topological polar surface area (TPSA) is 80.8 Å². The first kappa shape index (κ1) is 14.6. The van der Waals surface area contributed by atoms with E-state index in [1.165, 1.54) is 13.2 Å². The summed E-state index contributed by atoms with van der Waals surface area (Å²) in [7, 11) is 1.45. The molecular formula is C13H13NO5. The Morgan fingerprint density at radius 2 is 1.89 bits per heavy atom. The average Bonchev–Trinajstić information content (AvgIpc) is 2.44. The number of hydrogen-bond acceptors (Lipinski definition) is 5. The number of Topliss-reactive ketones (excluding diaryl/α,β-unsaturated/α-hetero) is 2. The molecule has 0 spiro atoms. The molecule has 0 aliphatic heterocycles. The second-order valence-corrected chi connectivity index (χ2v) is 3.82. The number of amides is 2. The maximum Gasteiger partial charge on any atom is 0.230 e. The van der Waals surface area contributed by atoms with Crippen molar-refractivity contribution in [1.82, 2.24) is 4.90 Å². The molecule has 1 rings (SSSR count). The van der Waals surface area contributed by atoms with Crippen LogP contribution in [0.3, 0.4) is 0 Å². The number of hydrogen-bond donors (Lipinski definition) is 0. The third-order valence-corrected chi connectivity index (χ3v) is 2.54. The van der Waals surface area contributed by atoms with Crippen LogP contribution in [0, 0.1) is 6.92 Å². The normalized spacial score (nSPS) is 9.58. The van der Waals surface area contributed by atoms with Gasteiger partial charge in [-0.15, -0.1) is 0 Å². The minimum absolute atomic E-state index is 0.191. The maximum absolute atomic E-state index is 11.9. The number of carbonyl (C=O) groups is 4. The van der Waals surface area contributed by atoms with E-state index in [1.807, 2.05) is 0 Å². The van der Waals surface area contributed by atoms with Crippen LogP contribution in [-0.4, -0.2) is 42.9 Å². The van der Waals surface area contributed by atoms with Crippen molar-refractivity contribution >= 4 is 24.4 Å². The van der Waals surface area contributed by atoms with E-state index >= 15 is 0 Å². The first-order valence-electron chi connectivity index (χ1n) is 5.42. The molecule has 0 bridgehead atoms. The molecule has 0 N–H and O–H groups in total. The van der Waals surface area contributed by atoms with E-state index in [4.69, 9.17) is 4.74 Å². The molecule has 0 heterocycles. The van der Waals surface area contributed by atoms with E-state index < -0.39 is 18.1 Å². The van der Waals surface area contributed by atoms with Crippen molar-refractivity contribution in [2.24, 2.45) is 0 Å². The predicted octanol–water partition coefficient (Wildman–Crippen LogP) is 0.370. The zero-order chi connectivity index (χ0) is 14.4. The summed E-state index contributed by atoms with van der Waals surface area (Å²) in [6.45, 7) is 1.11. The van der Waals surface area contributed by atoms with Crippen LogP contribution in [0.5, 0.6) is 5.75 Å². The summed E-state index contributed by atoms with van der Waals surface area (Å²) in [5, 5.41) is 0. The summed E-state index contributed by atoms with van der Waals surface area (Å²) in [4.78, 5) is 45.0. The van der Waals surface area contributed by atoms with Gasteiger partial charge in [-0.05, 0) is 24.6 Å². The molecule has 0 aliphatic carbocycles. The number of ether oxygens (including phenoxy) is 1. The minimum atomic E-state index is -0.837. The van der Waals surface area contributed by atoms with Gasteiger partial charge >= 0.3 is 0 Å². The Balaban J connectivity index is 2.96. The fourth-order valence-corrected chi connectivity index (χ4v) is 1.46. The molecule has 0 aromatic heterocycles. The lowest BCUT2D eigenvalue weighted by molar-refractivity contribution is -0.133. The third kappa shape index (κ3) is 3.48. The largest absolute Gasteiger partial charge is 0.497 e. The van der Waals surface area contributed by atoms with Gasteiger partial charge in [0.05, 0.1) is 13.7 Å². The standard InChI is InChI=1S/C13H13NO5/c1-9-3-4-10(19-2)5-11(9)13(18)12(17)6-14(7-15)8-16/h3-5,7-8H,6H2,1-2H3. The molecule has 0 saturated heterocycles. The summed E-state index contributed by atoms with van der Waals surface area (Å²) >= 11 is 0. The first-order valence-corrected chi connectivity index (χ1v) is 5.42. The monoisotopic (exact) mass is 263 g/mol. The van der Waals surface area contributed by atoms with Gasteiger partial charge in [0, 0.05) is 5.56 Å². The number of methoxy groups -OCH3 is 1. The smallest absolute Gasteiger partial charge is 0.230 e. The number of nitrogens with zero attached hydrogens (tertiary/aromatic N) is 1. The van der Waals surface area contributed by atoms with E-state index in [2.05, 4.69) is 0 Å². The van der Waals surface area contributed by atoms with E-state index in [0.717, 1.165) is 0 Å². The molecule has 2 amide bonds. The van der Waals surface area contributed by atoms with Gasteiger partial charge in [0.1, 0.15) is 5.75 Å². The Morgan fingerprint density at radius 1 is 1.26 bits per heavy atom. The van der Waals surface area contributed by atoms with Crippen LogP contribution in [0.15, 0.2) is 18.2 Å². The Bertz CT molecular complexity index is 516. The van der Waals surface area contributed by atoms with E-state index in [0.29, 0.717) is 16.2 Å². The Kier molecular flexibility index (Phi) is 4.93. The predicted molar refractivity (Wildman–Crippen MR) is 65.9 cm³/mol. The van der Waals surface area contributed by atoms with Crippen LogP contribution in [0.25, 0.3) is 0 Å². The Hall–Kier alpha value is -2.50. The lowest BCUT2D eigenvalue weighted by Gasteiger charge is -2.09. The molecule has 6 heteroatoms. The van der Waals surface area contributed by atoms with E-state index in [1.54, 1.807) is 19.1 Å². The average molecular weight is 263 g/mol. The molecule has 0 saturated carbocycles. The molecule has 6 nitrogen and oxygen atoms in total. The summed E-state index contributed by atoms with van der Waals surface area (Å²) in [6.07, 6.45) is 0.382. The third-order valence-electron chi connectivity index (χ3n) is 2.54. The highest BCUT2D eigenvalue weighted by atomic mass is 16.5. The van der Waals surface area contributed by atoms with Gasteiger partial charge in [0.2, 0.25) is 24.4 Å². The van der Waals surface area contributed by atoms with Gasteiger partial charge < -0.3 is 4.74 Å². The van der Waals surface area contributed by atoms with Crippen molar-refractivity contribution in [3.63, 3.8) is 0 Å². The summed E-state index contributed by atoms with van der Waals surface area (Å²) in [5.41, 5.74) is 0.809. The molecule has 0 radical (unpaired) electrons. The van der Waals surface area contributed by atoms with Gasteiger partial charge in [-0.2, -0.15) is 0 Å². The summed E-state index contributed by atoms with van der Waals surface area (Å²) in [5.74, 6) is -1.15. The van der Waals surface area contributed by atoms with Gasteiger partial charge in [0.15, 0.2) is 0 Å². The second-order valence-electron chi connectivity index (χ2n) is 3.82. The van der Waals surface area contributed by atoms with Crippen molar-refractivity contribution in [3.8, 4) is 5.75 Å².